The second-order valence-electron chi connectivity index (χ2n) is 5.70. The number of hydrogen-bond donors (Lipinski definition) is 0. The third kappa shape index (κ3) is 3.03. The first-order valence-corrected chi connectivity index (χ1v) is 7.36. The minimum atomic E-state index is -0.0822. The van der Waals surface area contributed by atoms with Gasteiger partial charge in [-0.25, -0.2) is 4.98 Å². The molecule has 106 valence electrons. The standard InChI is InChI=1S/C15H23ClN2O/c1-11-8-12(2)17-14(13(11)9-16)18-7-5-6-15(3,10-18)19-4/h8H,5-7,9-10H2,1-4H3. The maximum Gasteiger partial charge on any atom is 0.133 e. The van der Waals surface area contributed by atoms with E-state index in [9.17, 15) is 0 Å². The summed E-state index contributed by atoms with van der Waals surface area (Å²) < 4.78 is 5.66. The number of rotatable bonds is 3. The van der Waals surface area contributed by atoms with Crippen LogP contribution in [0.3, 0.4) is 0 Å². The molecule has 1 fully saturated rings. The summed E-state index contributed by atoms with van der Waals surface area (Å²) in [6.07, 6.45) is 2.22. The SMILES string of the molecule is COC1(C)CCCN(c2nc(C)cc(C)c2CCl)C1. The largest absolute Gasteiger partial charge is 0.377 e. The van der Waals surface area contributed by atoms with Crippen LogP contribution in [-0.2, 0) is 10.6 Å². The number of ether oxygens (including phenoxy) is 1. The second kappa shape index (κ2) is 5.68. The Morgan fingerprint density at radius 2 is 2.21 bits per heavy atom. The molecule has 2 rings (SSSR count). The van der Waals surface area contributed by atoms with E-state index in [1.54, 1.807) is 7.11 Å². The summed E-state index contributed by atoms with van der Waals surface area (Å²) in [6.45, 7) is 8.22. The second-order valence-corrected chi connectivity index (χ2v) is 5.96. The quantitative estimate of drug-likeness (QED) is 0.794. The van der Waals surface area contributed by atoms with Crippen LogP contribution in [0.15, 0.2) is 6.07 Å². The molecule has 0 radical (unpaired) electrons. The number of aryl methyl sites for hydroxylation is 2. The van der Waals surface area contributed by atoms with Crippen LogP contribution >= 0.6 is 11.6 Å². The zero-order chi connectivity index (χ0) is 14.0. The van der Waals surface area contributed by atoms with E-state index >= 15 is 0 Å². The highest BCUT2D eigenvalue weighted by molar-refractivity contribution is 6.17. The topological polar surface area (TPSA) is 25.4 Å². The van der Waals surface area contributed by atoms with Crippen molar-refractivity contribution in [2.75, 3.05) is 25.1 Å². The highest BCUT2D eigenvalue weighted by Crippen LogP contribution is 2.31. The highest BCUT2D eigenvalue weighted by Gasteiger charge is 2.32. The monoisotopic (exact) mass is 282 g/mol. The number of nitrogens with zero attached hydrogens (tertiary/aromatic N) is 2. The Morgan fingerprint density at radius 3 is 2.84 bits per heavy atom. The number of halogens is 1. The van der Waals surface area contributed by atoms with Gasteiger partial charge in [0.2, 0.25) is 0 Å². The van der Waals surface area contributed by atoms with Gasteiger partial charge in [-0.2, -0.15) is 0 Å². The summed E-state index contributed by atoms with van der Waals surface area (Å²) in [6, 6.07) is 2.10. The molecule has 1 unspecified atom stereocenters. The van der Waals surface area contributed by atoms with Crippen LogP contribution in [0.5, 0.6) is 0 Å². The summed E-state index contributed by atoms with van der Waals surface area (Å²) >= 11 is 6.12. The summed E-state index contributed by atoms with van der Waals surface area (Å²) in [7, 11) is 1.79. The van der Waals surface area contributed by atoms with Crippen molar-refractivity contribution in [3.63, 3.8) is 0 Å². The third-order valence-electron chi connectivity index (χ3n) is 4.04. The zero-order valence-corrected chi connectivity index (χ0v) is 13.0. The summed E-state index contributed by atoms with van der Waals surface area (Å²) in [4.78, 5) is 7.04. The van der Waals surface area contributed by atoms with Crippen LogP contribution in [-0.4, -0.2) is 30.8 Å². The Balaban J connectivity index is 2.35. The molecule has 3 nitrogen and oxygen atoms in total. The van der Waals surface area contributed by atoms with Gasteiger partial charge in [0.25, 0.3) is 0 Å². The molecular formula is C15H23ClN2O. The molecule has 1 aromatic heterocycles. The fourth-order valence-electron chi connectivity index (χ4n) is 2.82. The lowest BCUT2D eigenvalue weighted by Gasteiger charge is -2.40. The Kier molecular flexibility index (Phi) is 4.36. The van der Waals surface area contributed by atoms with E-state index in [-0.39, 0.29) is 5.60 Å². The van der Waals surface area contributed by atoms with Crippen molar-refractivity contribution in [3.05, 3.63) is 22.9 Å². The number of anilines is 1. The molecule has 0 bridgehead atoms. The fraction of sp³-hybridized carbons (Fsp3) is 0.667. The Labute approximate surface area is 120 Å². The molecule has 2 heterocycles. The van der Waals surface area contributed by atoms with Crippen molar-refractivity contribution >= 4 is 17.4 Å². The van der Waals surface area contributed by atoms with Crippen LogP contribution < -0.4 is 4.90 Å². The summed E-state index contributed by atoms with van der Waals surface area (Å²) in [5, 5.41) is 0. The predicted molar refractivity (Wildman–Crippen MR) is 80.1 cm³/mol. The summed E-state index contributed by atoms with van der Waals surface area (Å²) in [5.41, 5.74) is 3.34. The van der Waals surface area contributed by atoms with Gasteiger partial charge in [0, 0.05) is 31.5 Å². The molecule has 19 heavy (non-hydrogen) atoms. The Bertz CT molecular complexity index is 464. The van der Waals surface area contributed by atoms with Gasteiger partial charge in [-0.15, -0.1) is 11.6 Å². The number of aromatic nitrogens is 1. The lowest BCUT2D eigenvalue weighted by atomic mass is 9.94. The van der Waals surface area contributed by atoms with E-state index in [0.717, 1.165) is 43.0 Å². The average Bonchev–Trinajstić information content (AvgIpc) is 2.38. The van der Waals surface area contributed by atoms with Gasteiger partial charge in [0.1, 0.15) is 5.82 Å². The number of methoxy groups -OCH3 is 1. The van der Waals surface area contributed by atoms with E-state index in [1.165, 1.54) is 5.56 Å². The Hall–Kier alpha value is -0.800. The molecular weight excluding hydrogens is 260 g/mol. The van der Waals surface area contributed by atoms with Gasteiger partial charge >= 0.3 is 0 Å². The van der Waals surface area contributed by atoms with Gasteiger partial charge in [0.05, 0.1) is 11.5 Å². The smallest absolute Gasteiger partial charge is 0.133 e. The lowest BCUT2D eigenvalue weighted by Crippen LogP contribution is -2.48. The van der Waals surface area contributed by atoms with Crippen LogP contribution in [0.25, 0.3) is 0 Å². The first kappa shape index (κ1) is 14.6. The molecule has 1 saturated heterocycles. The highest BCUT2D eigenvalue weighted by atomic mass is 35.5. The van der Waals surface area contributed by atoms with Crippen molar-refractivity contribution in [1.82, 2.24) is 4.98 Å². The van der Waals surface area contributed by atoms with E-state index in [1.807, 2.05) is 6.92 Å². The average molecular weight is 283 g/mol. The molecule has 4 heteroatoms. The normalized spacial score (nSPS) is 23.7. The first-order valence-electron chi connectivity index (χ1n) is 6.82. The van der Waals surface area contributed by atoms with Crippen molar-refractivity contribution in [3.8, 4) is 0 Å². The van der Waals surface area contributed by atoms with Gasteiger partial charge < -0.3 is 9.64 Å². The van der Waals surface area contributed by atoms with Gasteiger partial charge in [-0.1, -0.05) is 0 Å². The minimum Gasteiger partial charge on any atom is -0.377 e. The van der Waals surface area contributed by atoms with Gasteiger partial charge in [-0.3, -0.25) is 0 Å². The third-order valence-corrected chi connectivity index (χ3v) is 4.31. The van der Waals surface area contributed by atoms with Crippen molar-refractivity contribution in [2.24, 2.45) is 0 Å². The van der Waals surface area contributed by atoms with Gasteiger partial charge in [-0.05, 0) is 45.2 Å². The first-order chi connectivity index (χ1) is 8.99. The molecule has 0 aliphatic carbocycles. The Morgan fingerprint density at radius 1 is 1.47 bits per heavy atom. The molecule has 1 aromatic rings. The van der Waals surface area contributed by atoms with Crippen LogP contribution in [0, 0.1) is 13.8 Å². The molecule has 0 spiro atoms. The fourth-order valence-corrected chi connectivity index (χ4v) is 3.15. The van der Waals surface area contributed by atoms with E-state index < -0.39 is 0 Å². The lowest BCUT2D eigenvalue weighted by molar-refractivity contribution is -0.00484. The van der Waals surface area contributed by atoms with Crippen LogP contribution in [0.1, 0.15) is 36.6 Å². The molecule has 1 atom stereocenters. The van der Waals surface area contributed by atoms with Crippen molar-refractivity contribution < 1.29 is 4.74 Å². The van der Waals surface area contributed by atoms with E-state index in [4.69, 9.17) is 21.3 Å². The van der Waals surface area contributed by atoms with Crippen molar-refractivity contribution in [2.45, 2.75) is 45.1 Å². The molecule has 0 aromatic carbocycles. The van der Waals surface area contributed by atoms with E-state index in [2.05, 4.69) is 24.8 Å². The maximum absolute atomic E-state index is 6.12. The molecule has 0 saturated carbocycles. The maximum atomic E-state index is 6.12. The molecule has 1 aliphatic rings. The van der Waals surface area contributed by atoms with Crippen molar-refractivity contribution in [1.29, 1.82) is 0 Å². The summed E-state index contributed by atoms with van der Waals surface area (Å²) in [5.74, 6) is 1.55. The van der Waals surface area contributed by atoms with Crippen LogP contribution in [0.4, 0.5) is 5.82 Å². The van der Waals surface area contributed by atoms with E-state index in [0.29, 0.717) is 5.88 Å². The number of pyridine rings is 1. The predicted octanol–water partition coefficient (Wildman–Crippen LogP) is 3.44. The molecule has 0 amide bonds. The van der Waals surface area contributed by atoms with Crippen LogP contribution in [0.2, 0.25) is 0 Å². The minimum absolute atomic E-state index is 0.0822. The molecule has 0 N–H and O–H groups in total. The number of piperidine rings is 1. The van der Waals surface area contributed by atoms with Gasteiger partial charge in [0.15, 0.2) is 0 Å². The zero-order valence-electron chi connectivity index (χ0n) is 12.3. The number of hydrogen-bond acceptors (Lipinski definition) is 3. The number of alkyl halides is 1. The molecule has 1 aliphatic heterocycles.